The van der Waals surface area contributed by atoms with E-state index in [-0.39, 0.29) is 6.61 Å². The first-order valence-electron chi connectivity index (χ1n) is 5.03. The molecule has 5 heteroatoms. The summed E-state index contributed by atoms with van der Waals surface area (Å²) >= 11 is 1.67. The molecule has 2 rings (SSSR count). The Bertz CT molecular complexity index is 404. The summed E-state index contributed by atoms with van der Waals surface area (Å²) < 4.78 is 0. The number of hydrogen-bond donors (Lipinski definition) is 1. The lowest BCUT2D eigenvalue weighted by Crippen LogP contribution is -2.26. The van der Waals surface area contributed by atoms with Gasteiger partial charge >= 0.3 is 0 Å². The van der Waals surface area contributed by atoms with Crippen molar-refractivity contribution < 1.29 is 5.11 Å². The maximum Gasteiger partial charge on any atom is 0.147 e. The summed E-state index contributed by atoms with van der Waals surface area (Å²) in [7, 11) is 0. The summed E-state index contributed by atoms with van der Waals surface area (Å²) in [4.78, 5) is 10.3. The van der Waals surface area contributed by atoms with Gasteiger partial charge in [-0.15, -0.1) is 0 Å². The van der Waals surface area contributed by atoms with Gasteiger partial charge in [0.05, 0.1) is 12.8 Å². The molecule has 0 saturated heterocycles. The molecule has 0 aromatic carbocycles. The fourth-order valence-corrected chi connectivity index (χ4v) is 2.11. The molecule has 0 amide bonds. The minimum absolute atomic E-state index is 0.112. The van der Waals surface area contributed by atoms with E-state index in [9.17, 15) is 0 Å². The third kappa shape index (κ3) is 2.77. The zero-order chi connectivity index (χ0) is 11.2. The zero-order valence-electron chi connectivity index (χ0n) is 8.78. The van der Waals surface area contributed by atoms with Gasteiger partial charge < -0.3 is 10.0 Å². The van der Waals surface area contributed by atoms with Crippen molar-refractivity contribution in [3.8, 4) is 0 Å². The lowest BCUT2D eigenvalue weighted by molar-refractivity contribution is 0.301. The van der Waals surface area contributed by atoms with Crippen LogP contribution in [-0.2, 0) is 6.54 Å². The average Bonchev–Trinajstić information content (AvgIpc) is 2.83. The molecule has 0 atom stereocenters. The molecule has 16 heavy (non-hydrogen) atoms. The SMILES string of the molecule is OCCN(Cc1ccsc1)c1cnccn1. The Morgan fingerprint density at radius 2 is 2.31 bits per heavy atom. The van der Waals surface area contributed by atoms with Gasteiger partial charge in [0.15, 0.2) is 0 Å². The van der Waals surface area contributed by atoms with Crippen LogP contribution in [0.2, 0.25) is 0 Å². The van der Waals surface area contributed by atoms with E-state index in [2.05, 4.69) is 21.4 Å². The number of aromatic nitrogens is 2. The van der Waals surface area contributed by atoms with Crippen molar-refractivity contribution >= 4 is 17.2 Å². The molecule has 0 unspecified atom stereocenters. The summed E-state index contributed by atoms with van der Waals surface area (Å²) in [6, 6.07) is 2.07. The number of aliphatic hydroxyl groups excluding tert-OH is 1. The average molecular weight is 235 g/mol. The second kappa shape index (κ2) is 5.58. The van der Waals surface area contributed by atoms with E-state index < -0.39 is 0 Å². The Labute approximate surface area is 98.2 Å². The van der Waals surface area contributed by atoms with E-state index in [1.807, 2.05) is 10.3 Å². The third-order valence-corrected chi connectivity index (χ3v) is 2.93. The first-order valence-corrected chi connectivity index (χ1v) is 5.97. The summed E-state index contributed by atoms with van der Waals surface area (Å²) in [5.41, 5.74) is 1.23. The highest BCUT2D eigenvalue weighted by Crippen LogP contribution is 2.14. The Morgan fingerprint density at radius 3 is 2.94 bits per heavy atom. The molecular formula is C11H13N3OS. The minimum Gasteiger partial charge on any atom is -0.395 e. The van der Waals surface area contributed by atoms with Gasteiger partial charge in [-0.3, -0.25) is 4.98 Å². The van der Waals surface area contributed by atoms with Gasteiger partial charge in [0.1, 0.15) is 5.82 Å². The maximum absolute atomic E-state index is 9.04. The summed E-state index contributed by atoms with van der Waals surface area (Å²) in [6.07, 6.45) is 5.01. The Balaban J connectivity index is 2.11. The topological polar surface area (TPSA) is 49.2 Å². The molecule has 4 nitrogen and oxygen atoms in total. The molecule has 2 aromatic rings. The van der Waals surface area contributed by atoms with Crippen LogP contribution in [0.4, 0.5) is 5.82 Å². The fraction of sp³-hybridized carbons (Fsp3) is 0.273. The van der Waals surface area contributed by atoms with Crippen LogP contribution in [0.25, 0.3) is 0 Å². The van der Waals surface area contributed by atoms with Crippen LogP contribution in [0.3, 0.4) is 0 Å². The normalized spacial score (nSPS) is 10.3. The third-order valence-electron chi connectivity index (χ3n) is 2.20. The second-order valence-corrected chi connectivity index (χ2v) is 4.12. The van der Waals surface area contributed by atoms with Crippen molar-refractivity contribution in [1.82, 2.24) is 9.97 Å². The van der Waals surface area contributed by atoms with Gasteiger partial charge in [-0.05, 0) is 22.4 Å². The monoisotopic (exact) mass is 235 g/mol. The van der Waals surface area contributed by atoms with Crippen LogP contribution >= 0.6 is 11.3 Å². The lowest BCUT2D eigenvalue weighted by Gasteiger charge is -2.21. The molecule has 0 aliphatic rings. The summed E-state index contributed by atoms with van der Waals surface area (Å²) in [6.45, 7) is 1.43. The standard InChI is InChI=1S/C11H13N3OS/c15-5-4-14(8-10-1-6-16-9-10)11-7-12-2-3-13-11/h1-3,6-7,9,15H,4-5,8H2. The van der Waals surface area contributed by atoms with Crippen LogP contribution in [0.1, 0.15) is 5.56 Å². The molecule has 2 aromatic heterocycles. The van der Waals surface area contributed by atoms with Gasteiger partial charge in [-0.25, -0.2) is 4.98 Å². The molecule has 0 aliphatic carbocycles. The van der Waals surface area contributed by atoms with Gasteiger partial charge in [0.2, 0.25) is 0 Å². The molecule has 0 fully saturated rings. The number of aliphatic hydroxyl groups is 1. The lowest BCUT2D eigenvalue weighted by atomic mass is 10.3. The molecule has 0 spiro atoms. The van der Waals surface area contributed by atoms with Gasteiger partial charge in [-0.1, -0.05) is 0 Å². The molecule has 0 aliphatic heterocycles. The largest absolute Gasteiger partial charge is 0.395 e. The van der Waals surface area contributed by atoms with Gasteiger partial charge in [0.25, 0.3) is 0 Å². The number of thiophene rings is 1. The Morgan fingerprint density at radius 1 is 1.38 bits per heavy atom. The zero-order valence-corrected chi connectivity index (χ0v) is 9.60. The van der Waals surface area contributed by atoms with E-state index >= 15 is 0 Å². The van der Waals surface area contributed by atoms with Crippen LogP contribution < -0.4 is 4.90 Å². The predicted molar refractivity (Wildman–Crippen MR) is 64.5 cm³/mol. The van der Waals surface area contributed by atoms with Crippen molar-refractivity contribution in [3.05, 3.63) is 41.0 Å². The second-order valence-electron chi connectivity index (χ2n) is 3.34. The number of nitrogens with zero attached hydrogens (tertiary/aromatic N) is 3. The van der Waals surface area contributed by atoms with E-state index in [4.69, 9.17) is 5.11 Å². The quantitative estimate of drug-likeness (QED) is 0.854. The van der Waals surface area contributed by atoms with Crippen molar-refractivity contribution in [2.75, 3.05) is 18.1 Å². The number of rotatable bonds is 5. The summed E-state index contributed by atoms with van der Waals surface area (Å²) in [5.74, 6) is 0.794. The first-order chi connectivity index (χ1) is 7.90. The van der Waals surface area contributed by atoms with Crippen LogP contribution in [0, 0.1) is 0 Å². The van der Waals surface area contributed by atoms with E-state index in [0.717, 1.165) is 12.4 Å². The van der Waals surface area contributed by atoms with Gasteiger partial charge in [-0.2, -0.15) is 11.3 Å². The van der Waals surface area contributed by atoms with Crippen molar-refractivity contribution in [3.63, 3.8) is 0 Å². The van der Waals surface area contributed by atoms with Crippen molar-refractivity contribution in [2.45, 2.75) is 6.54 Å². The van der Waals surface area contributed by atoms with E-state index in [0.29, 0.717) is 6.54 Å². The molecule has 84 valence electrons. The number of hydrogen-bond acceptors (Lipinski definition) is 5. The Hall–Kier alpha value is -1.46. The highest BCUT2D eigenvalue weighted by Gasteiger charge is 2.08. The molecule has 1 N–H and O–H groups in total. The Kier molecular flexibility index (Phi) is 3.85. The maximum atomic E-state index is 9.04. The van der Waals surface area contributed by atoms with E-state index in [1.54, 1.807) is 29.9 Å². The highest BCUT2D eigenvalue weighted by molar-refractivity contribution is 7.07. The molecule has 0 radical (unpaired) electrons. The van der Waals surface area contributed by atoms with Crippen LogP contribution in [0.15, 0.2) is 35.4 Å². The molecule has 2 heterocycles. The summed E-state index contributed by atoms with van der Waals surface area (Å²) in [5, 5.41) is 13.2. The van der Waals surface area contributed by atoms with Crippen LogP contribution in [0.5, 0.6) is 0 Å². The highest BCUT2D eigenvalue weighted by atomic mass is 32.1. The van der Waals surface area contributed by atoms with Crippen molar-refractivity contribution in [2.24, 2.45) is 0 Å². The van der Waals surface area contributed by atoms with Crippen molar-refractivity contribution in [1.29, 1.82) is 0 Å². The number of anilines is 1. The van der Waals surface area contributed by atoms with Crippen LogP contribution in [-0.4, -0.2) is 28.2 Å². The molecule has 0 saturated carbocycles. The smallest absolute Gasteiger partial charge is 0.147 e. The first kappa shape index (κ1) is 11.0. The molecule has 0 bridgehead atoms. The van der Waals surface area contributed by atoms with E-state index in [1.165, 1.54) is 5.56 Å². The van der Waals surface area contributed by atoms with Gasteiger partial charge in [0, 0.05) is 25.5 Å². The molecular weight excluding hydrogens is 222 g/mol. The fourth-order valence-electron chi connectivity index (χ4n) is 1.45. The minimum atomic E-state index is 0.112. The predicted octanol–water partition coefficient (Wildman–Crippen LogP) is 1.54.